The maximum atomic E-state index is 5.96. The maximum Gasteiger partial charge on any atom is 0.107 e. The zero-order valence-electron chi connectivity index (χ0n) is 9.82. The van der Waals surface area contributed by atoms with Gasteiger partial charge in [0.1, 0.15) is 6.10 Å². The highest BCUT2D eigenvalue weighted by molar-refractivity contribution is 7.10. The first kappa shape index (κ1) is 12.7. The summed E-state index contributed by atoms with van der Waals surface area (Å²) in [6.07, 6.45) is 2.33. The molecule has 0 amide bonds. The van der Waals surface area contributed by atoms with Gasteiger partial charge >= 0.3 is 0 Å². The predicted octanol–water partition coefficient (Wildman–Crippen LogP) is 3.26. The summed E-state index contributed by atoms with van der Waals surface area (Å²) in [6.45, 7) is 7.10. The highest BCUT2D eigenvalue weighted by Gasteiger charge is 2.19. The second kappa shape index (κ2) is 6.26. The van der Waals surface area contributed by atoms with Gasteiger partial charge in [0.15, 0.2) is 0 Å². The molecule has 0 aliphatic heterocycles. The van der Waals surface area contributed by atoms with E-state index in [1.54, 1.807) is 11.3 Å². The van der Waals surface area contributed by atoms with E-state index in [0.29, 0.717) is 0 Å². The van der Waals surface area contributed by atoms with Crippen molar-refractivity contribution in [1.82, 2.24) is 0 Å². The third-order valence-electron chi connectivity index (χ3n) is 2.43. The van der Waals surface area contributed by atoms with E-state index in [-0.39, 0.29) is 12.1 Å². The molecule has 0 spiro atoms. The van der Waals surface area contributed by atoms with Crippen molar-refractivity contribution in [2.75, 3.05) is 6.61 Å². The molecule has 1 heterocycles. The van der Waals surface area contributed by atoms with Gasteiger partial charge in [-0.2, -0.15) is 0 Å². The molecule has 2 N–H and O–H groups in total. The van der Waals surface area contributed by atoms with Crippen LogP contribution in [-0.4, -0.2) is 12.6 Å². The van der Waals surface area contributed by atoms with Gasteiger partial charge in [0, 0.05) is 17.5 Å². The lowest BCUT2D eigenvalue weighted by atomic mass is 10.1. The fraction of sp³-hybridized carbons (Fsp3) is 0.667. The topological polar surface area (TPSA) is 35.2 Å². The summed E-state index contributed by atoms with van der Waals surface area (Å²) in [7, 11) is 0. The first-order valence-corrected chi connectivity index (χ1v) is 6.46. The van der Waals surface area contributed by atoms with Crippen LogP contribution in [-0.2, 0) is 4.74 Å². The van der Waals surface area contributed by atoms with Gasteiger partial charge in [0.2, 0.25) is 0 Å². The second-order valence-corrected chi connectivity index (χ2v) is 4.92. The first-order valence-electron chi connectivity index (χ1n) is 5.58. The van der Waals surface area contributed by atoms with Crippen LogP contribution in [0.4, 0.5) is 0 Å². The average molecular weight is 227 g/mol. The molecule has 0 aromatic carbocycles. The van der Waals surface area contributed by atoms with E-state index in [0.717, 1.165) is 19.4 Å². The predicted molar refractivity (Wildman–Crippen MR) is 66.3 cm³/mol. The Kier molecular flexibility index (Phi) is 5.29. The standard InChI is InChI=1S/C12H21NOS/c1-4-5-7-14-11(10(3)13)12-9(2)6-8-15-12/h6,8,10-11H,4-5,7,13H2,1-3H3. The number of hydrogen-bond donors (Lipinski definition) is 1. The van der Waals surface area contributed by atoms with E-state index < -0.39 is 0 Å². The number of aryl methyl sites for hydroxylation is 1. The molecule has 15 heavy (non-hydrogen) atoms. The Balaban J connectivity index is 2.62. The van der Waals surface area contributed by atoms with Crippen molar-refractivity contribution in [3.63, 3.8) is 0 Å². The number of hydrogen-bond acceptors (Lipinski definition) is 3. The molecule has 0 saturated heterocycles. The van der Waals surface area contributed by atoms with Gasteiger partial charge in [-0.3, -0.25) is 0 Å². The van der Waals surface area contributed by atoms with Crippen LogP contribution in [0.2, 0.25) is 0 Å². The van der Waals surface area contributed by atoms with E-state index in [4.69, 9.17) is 10.5 Å². The molecule has 2 atom stereocenters. The smallest absolute Gasteiger partial charge is 0.107 e. The number of rotatable bonds is 6. The Hall–Kier alpha value is -0.380. The van der Waals surface area contributed by atoms with Crippen molar-refractivity contribution in [2.24, 2.45) is 5.73 Å². The molecular formula is C12H21NOS. The molecule has 1 rings (SSSR count). The van der Waals surface area contributed by atoms with Gasteiger partial charge in [0.05, 0.1) is 0 Å². The molecule has 1 aromatic heterocycles. The summed E-state index contributed by atoms with van der Waals surface area (Å²) in [5.41, 5.74) is 7.25. The summed E-state index contributed by atoms with van der Waals surface area (Å²) in [6, 6.07) is 2.18. The van der Waals surface area contributed by atoms with Crippen LogP contribution < -0.4 is 5.73 Å². The van der Waals surface area contributed by atoms with E-state index in [1.165, 1.54) is 10.4 Å². The SMILES string of the molecule is CCCCOC(c1sccc1C)C(C)N. The summed E-state index contributed by atoms with van der Waals surface area (Å²) in [5.74, 6) is 0. The quantitative estimate of drug-likeness (QED) is 0.757. The lowest BCUT2D eigenvalue weighted by Gasteiger charge is -2.21. The van der Waals surface area contributed by atoms with E-state index >= 15 is 0 Å². The second-order valence-electron chi connectivity index (χ2n) is 3.97. The van der Waals surface area contributed by atoms with Crippen LogP contribution in [0.5, 0.6) is 0 Å². The molecule has 2 unspecified atom stereocenters. The van der Waals surface area contributed by atoms with Crippen LogP contribution >= 0.6 is 11.3 Å². The minimum Gasteiger partial charge on any atom is -0.371 e. The molecule has 0 fully saturated rings. The van der Waals surface area contributed by atoms with Crippen LogP contribution in [0.3, 0.4) is 0 Å². The third-order valence-corrected chi connectivity index (χ3v) is 3.51. The van der Waals surface area contributed by atoms with Crippen molar-refractivity contribution in [3.8, 4) is 0 Å². The van der Waals surface area contributed by atoms with Crippen molar-refractivity contribution >= 4 is 11.3 Å². The lowest BCUT2D eigenvalue weighted by Crippen LogP contribution is -2.27. The largest absolute Gasteiger partial charge is 0.371 e. The highest BCUT2D eigenvalue weighted by atomic mass is 32.1. The molecular weight excluding hydrogens is 206 g/mol. The van der Waals surface area contributed by atoms with Crippen molar-refractivity contribution < 1.29 is 4.74 Å². The van der Waals surface area contributed by atoms with Crippen molar-refractivity contribution in [3.05, 3.63) is 21.9 Å². The average Bonchev–Trinajstić information content (AvgIpc) is 2.59. The van der Waals surface area contributed by atoms with Gasteiger partial charge in [-0.15, -0.1) is 11.3 Å². The van der Waals surface area contributed by atoms with Gasteiger partial charge in [-0.1, -0.05) is 13.3 Å². The van der Waals surface area contributed by atoms with Gasteiger partial charge in [0.25, 0.3) is 0 Å². The highest BCUT2D eigenvalue weighted by Crippen LogP contribution is 2.28. The summed E-state index contributed by atoms with van der Waals surface area (Å²) in [5, 5.41) is 2.10. The number of ether oxygens (including phenoxy) is 1. The number of nitrogens with two attached hydrogens (primary N) is 1. The molecule has 0 saturated carbocycles. The van der Waals surface area contributed by atoms with Crippen molar-refractivity contribution in [2.45, 2.75) is 45.8 Å². The Morgan fingerprint density at radius 2 is 2.27 bits per heavy atom. The van der Waals surface area contributed by atoms with E-state index in [1.807, 2.05) is 6.92 Å². The van der Waals surface area contributed by atoms with Crippen LogP contribution in [0.1, 0.15) is 43.2 Å². The fourth-order valence-corrected chi connectivity index (χ4v) is 2.59. The molecule has 0 aliphatic rings. The number of thiophene rings is 1. The molecule has 2 nitrogen and oxygen atoms in total. The molecule has 3 heteroatoms. The summed E-state index contributed by atoms with van der Waals surface area (Å²) < 4.78 is 5.85. The summed E-state index contributed by atoms with van der Waals surface area (Å²) in [4.78, 5) is 1.28. The molecule has 0 radical (unpaired) electrons. The minimum atomic E-state index is 0.0548. The fourth-order valence-electron chi connectivity index (χ4n) is 1.50. The van der Waals surface area contributed by atoms with Gasteiger partial charge in [-0.25, -0.2) is 0 Å². The van der Waals surface area contributed by atoms with Crippen molar-refractivity contribution in [1.29, 1.82) is 0 Å². The Labute approximate surface area is 96.4 Å². The maximum absolute atomic E-state index is 5.96. The monoisotopic (exact) mass is 227 g/mol. The first-order chi connectivity index (χ1) is 7.16. The molecule has 86 valence electrons. The lowest BCUT2D eigenvalue weighted by molar-refractivity contribution is 0.0386. The zero-order valence-corrected chi connectivity index (χ0v) is 10.6. The normalized spacial score (nSPS) is 15.2. The van der Waals surface area contributed by atoms with E-state index in [2.05, 4.69) is 25.3 Å². The number of unbranched alkanes of at least 4 members (excludes halogenated alkanes) is 1. The van der Waals surface area contributed by atoms with Gasteiger partial charge < -0.3 is 10.5 Å². The zero-order chi connectivity index (χ0) is 11.3. The van der Waals surface area contributed by atoms with Crippen LogP contribution in [0.15, 0.2) is 11.4 Å². The van der Waals surface area contributed by atoms with Gasteiger partial charge in [-0.05, 0) is 37.3 Å². The Morgan fingerprint density at radius 3 is 2.73 bits per heavy atom. The molecule has 0 aliphatic carbocycles. The Morgan fingerprint density at radius 1 is 1.53 bits per heavy atom. The molecule has 0 bridgehead atoms. The summed E-state index contributed by atoms with van der Waals surface area (Å²) >= 11 is 1.74. The van der Waals surface area contributed by atoms with Crippen LogP contribution in [0, 0.1) is 6.92 Å². The third kappa shape index (κ3) is 3.59. The van der Waals surface area contributed by atoms with E-state index in [9.17, 15) is 0 Å². The van der Waals surface area contributed by atoms with Crippen LogP contribution in [0.25, 0.3) is 0 Å². The Bertz CT molecular complexity index is 283. The molecule has 1 aromatic rings. The minimum absolute atomic E-state index is 0.0548.